The smallest absolute Gasteiger partial charge is 0.326 e. The fraction of sp³-hybridized carbons (Fsp3) is 0.364. The molecule has 1 amide bonds. The Morgan fingerprint density at radius 1 is 1.55 bits per heavy atom. The number of hydrogen-bond donors (Lipinski definition) is 2. The Balaban J connectivity index is 2.20. The number of carboxylic acids is 1. The zero-order valence-electron chi connectivity index (χ0n) is 10.6. The number of halogens is 1. The van der Waals surface area contributed by atoms with Gasteiger partial charge in [-0.25, -0.2) is 14.3 Å². The van der Waals surface area contributed by atoms with Crippen molar-refractivity contribution in [1.29, 1.82) is 0 Å². The van der Waals surface area contributed by atoms with E-state index in [9.17, 15) is 9.59 Å². The molecule has 0 saturated heterocycles. The third kappa shape index (κ3) is 3.10. The molecule has 8 nitrogen and oxygen atoms in total. The minimum Gasteiger partial charge on any atom is -0.480 e. The highest BCUT2D eigenvalue weighted by Gasteiger charge is 2.22. The molecule has 2 N–H and O–H groups in total. The average Bonchev–Trinajstić information content (AvgIpc) is 2.80. The second-order valence-corrected chi connectivity index (χ2v) is 5.02. The Hall–Kier alpha value is -2.03. The summed E-state index contributed by atoms with van der Waals surface area (Å²) in [7, 11) is 0. The maximum absolute atomic E-state index is 11.9. The van der Waals surface area contributed by atoms with Crippen molar-refractivity contribution in [3.63, 3.8) is 0 Å². The number of aromatic nitrogens is 4. The van der Waals surface area contributed by atoms with Gasteiger partial charge < -0.3 is 10.4 Å². The number of nitrogens with one attached hydrogen (secondary N) is 1. The van der Waals surface area contributed by atoms with Gasteiger partial charge in [0.1, 0.15) is 6.04 Å². The lowest BCUT2D eigenvalue weighted by atomic mass is 10.1. The molecule has 1 unspecified atom stereocenters. The van der Waals surface area contributed by atoms with Gasteiger partial charge in [-0.2, -0.15) is 4.98 Å². The number of hydrogen-bond acceptors (Lipinski definition) is 5. The van der Waals surface area contributed by atoms with Crippen LogP contribution in [0.25, 0.3) is 5.78 Å². The van der Waals surface area contributed by atoms with E-state index in [1.165, 1.54) is 10.7 Å². The van der Waals surface area contributed by atoms with E-state index in [-0.39, 0.29) is 11.6 Å². The van der Waals surface area contributed by atoms with Crippen LogP contribution in [0.4, 0.5) is 0 Å². The first-order chi connectivity index (χ1) is 9.51. The monoisotopic (exact) mass is 341 g/mol. The molecule has 0 radical (unpaired) electrons. The molecule has 0 aliphatic carbocycles. The van der Waals surface area contributed by atoms with Gasteiger partial charge in [0.25, 0.3) is 11.7 Å². The van der Waals surface area contributed by atoms with Crippen molar-refractivity contribution in [1.82, 2.24) is 24.9 Å². The SMILES string of the molecule is CCCC(NC(=O)c1nc2ncc(Br)cn2n1)C(=O)O. The summed E-state index contributed by atoms with van der Waals surface area (Å²) < 4.78 is 2.03. The topological polar surface area (TPSA) is 109 Å². The van der Waals surface area contributed by atoms with E-state index in [4.69, 9.17) is 5.11 Å². The van der Waals surface area contributed by atoms with Crippen LogP contribution < -0.4 is 5.32 Å². The van der Waals surface area contributed by atoms with Gasteiger partial charge in [0, 0.05) is 12.4 Å². The van der Waals surface area contributed by atoms with Crippen molar-refractivity contribution < 1.29 is 14.7 Å². The maximum atomic E-state index is 11.9. The molecule has 20 heavy (non-hydrogen) atoms. The second-order valence-electron chi connectivity index (χ2n) is 4.11. The summed E-state index contributed by atoms with van der Waals surface area (Å²) in [6.45, 7) is 1.84. The van der Waals surface area contributed by atoms with Crippen LogP contribution in [0.3, 0.4) is 0 Å². The highest BCUT2D eigenvalue weighted by atomic mass is 79.9. The minimum atomic E-state index is -1.08. The Bertz CT molecular complexity index is 657. The molecular weight excluding hydrogens is 330 g/mol. The first kappa shape index (κ1) is 14.4. The lowest BCUT2D eigenvalue weighted by molar-refractivity contribution is -0.139. The molecule has 0 aliphatic rings. The fourth-order valence-electron chi connectivity index (χ4n) is 1.62. The number of amides is 1. The van der Waals surface area contributed by atoms with Gasteiger partial charge in [0.05, 0.1) is 4.47 Å². The summed E-state index contributed by atoms with van der Waals surface area (Å²) in [5.41, 5.74) is 0. The van der Waals surface area contributed by atoms with Crippen molar-refractivity contribution in [3.05, 3.63) is 22.7 Å². The molecule has 2 aromatic rings. The molecule has 0 aliphatic heterocycles. The van der Waals surface area contributed by atoms with Gasteiger partial charge in [0.2, 0.25) is 5.82 Å². The summed E-state index contributed by atoms with van der Waals surface area (Å²) in [5, 5.41) is 15.3. The summed E-state index contributed by atoms with van der Waals surface area (Å²) in [5.74, 6) is -1.56. The zero-order valence-corrected chi connectivity index (χ0v) is 12.2. The summed E-state index contributed by atoms with van der Waals surface area (Å²) in [6.07, 6.45) is 4.12. The molecule has 2 rings (SSSR count). The molecule has 0 fully saturated rings. The molecule has 0 bridgehead atoms. The Labute approximate surface area is 122 Å². The van der Waals surface area contributed by atoms with E-state index in [2.05, 4.69) is 36.3 Å². The predicted octanol–water partition coefficient (Wildman–Crippen LogP) is 0.870. The Kier molecular flexibility index (Phi) is 4.28. The van der Waals surface area contributed by atoms with Gasteiger partial charge >= 0.3 is 5.97 Å². The van der Waals surface area contributed by atoms with E-state index in [0.29, 0.717) is 17.3 Å². The number of carbonyl (C=O) groups excluding carboxylic acids is 1. The first-order valence-electron chi connectivity index (χ1n) is 5.93. The average molecular weight is 342 g/mol. The molecule has 0 spiro atoms. The molecule has 1 atom stereocenters. The van der Waals surface area contributed by atoms with E-state index in [0.717, 1.165) is 0 Å². The van der Waals surface area contributed by atoms with Crippen molar-refractivity contribution in [2.75, 3.05) is 0 Å². The first-order valence-corrected chi connectivity index (χ1v) is 6.72. The normalized spacial score (nSPS) is 12.3. The molecule has 2 heterocycles. The number of aliphatic carboxylic acids is 1. The Morgan fingerprint density at radius 2 is 2.30 bits per heavy atom. The standard InChI is InChI=1S/C11H12BrN5O3/c1-2-3-7(10(19)20)14-9(18)8-15-11-13-4-6(12)5-17(11)16-8/h4-5,7H,2-3H2,1H3,(H,14,18)(H,19,20). The van der Waals surface area contributed by atoms with E-state index >= 15 is 0 Å². The van der Waals surface area contributed by atoms with Crippen molar-refractivity contribution >= 4 is 33.6 Å². The maximum Gasteiger partial charge on any atom is 0.326 e. The summed E-state index contributed by atoms with van der Waals surface area (Å²) in [4.78, 5) is 30.9. The van der Waals surface area contributed by atoms with Crippen molar-refractivity contribution in [2.24, 2.45) is 0 Å². The second kappa shape index (κ2) is 5.95. The van der Waals surface area contributed by atoms with Crippen LogP contribution in [0.15, 0.2) is 16.9 Å². The van der Waals surface area contributed by atoms with Gasteiger partial charge in [-0.15, -0.1) is 5.10 Å². The summed E-state index contributed by atoms with van der Waals surface area (Å²) >= 11 is 3.23. The third-order valence-corrected chi connectivity index (χ3v) is 2.96. The number of nitrogens with zero attached hydrogens (tertiary/aromatic N) is 4. The third-order valence-electron chi connectivity index (χ3n) is 2.55. The molecule has 9 heteroatoms. The summed E-state index contributed by atoms with van der Waals surface area (Å²) in [6, 6.07) is -0.946. The zero-order chi connectivity index (χ0) is 14.7. The van der Waals surface area contributed by atoms with Crippen molar-refractivity contribution in [3.8, 4) is 0 Å². The molecule has 106 valence electrons. The molecule has 0 aromatic carbocycles. The van der Waals surface area contributed by atoms with Crippen LogP contribution in [0.1, 0.15) is 30.4 Å². The number of carboxylic acid groups (broad SMARTS) is 1. The lowest BCUT2D eigenvalue weighted by Gasteiger charge is -2.11. The number of rotatable bonds is 5. The Morgan fingerprint density at radius 3 is 2.95 bits per heavy atom. The minimum absolute atomic E-state index is 0.113. The van der Waals surface area contributed by atoms with Crippen LogP contribution in [-0.2, 0) is 4.79 Å². The fourth-order valence-corrected chi connectivity index (χ4v) is 1.92. The van der Waals surface area contributed by atoms with Crippen LogP contribution in [0.5, 0.6) is 0 Å². The number of carbonyl (C=O) groups is 2. The molecule has 2 aromatic heterocycles. The largest absolute Gasteiger partial charge is 0.480 e. The molecular formula is C11H12BrN5O3. The van der Waals surface area contributed by atoms with Crippen molar-refractivity contribution in [2.45, 2.75) is 25.8 Å². The van der Waals surface area contributed by atoms with Crippen LogP contribution in [-0.4, -0.2) is 42.6 Å². The predicted molar refractivity (Wildman–Crippen MR) is 72.3 cm³/mol. The van der Waals surface area contributed by atoms with Crippen LogP contribution in [0, 0.1) is 0 Å². The molecule has 0 saturated carbocycles. The van der Waals surface area contributed by atoms with Crippen LogP contribution >= 0.6 is 15.9 Å². The van der Waals surface area contributed by atoms with Gasteiger partial charge in [-0.1, -0.05) is 13.3 Å². The number of fused-ring (bicyclic) bond motifs is 1. The van der Waals surface area contributed by atoms with E-state index in [1.807, 2.05) is 6.92 Å². The lowest BCUT2D eigenvalue weighted by Crippen LogP contribution is -2.41. The highest BCUT2D eigenvalue weighted by molar-refractivity contribution is 9.10. The van der Waals surface area contributed by atoms with Gasteiger partial charge in [0.15, 0.2) is 0 Å². The van der Waals surface area contributed by atoms with Crippen LogP contribution in [0.2, 0.25) is 0 Å². The highest BCUT2D eigenvalue weighted by Crippen LogP contribution is 2.08. The van der Waals surface area contributed by atoms with E-state index in [1.54, 1.807) is 6.20 Å². The van der Waals surface area contributed by atoms with E-state index < -0.39 is 17.9 Å². The quantitative estimate of drug-likeness (QED) is 0.834. The van der Waals surface area contributed by atoms with Gasteiger partial charge in [-0.3, -0.25) is 4.79 Å². The van der Waals surface area contributed by atoms with Gasteiger partial charge in [-0.05, 0) is 22.4 Å².